The molecule has 0 aliphatic carbocycles. The van der Waals surface area contributed by atoms with Crippen LogP contribution in [0.15, 0.2) is 22.9 Å². The monoisotopic (exact) mass is 262 g/mol. The number of nitrogens with one attached hydrogen (secondary N) is 1. The lowest BCUT2D eigenvalue weighted by Gasteiger charge is -2.01. The molecule has 2 heterocycles. The number of hydrogen-bond donors (Lipinski definition) is 2. The summed E-state index contributed by atoms with van der Waals surface area (Å²) >= 11 is 0. The summed E-state index contributed by atoms with van der Waals surface area (Å²) in [5, 5.41) is 14.8. The summed E-state index contributed by atoms with van der Waals surface area (Å²) in [5.74, 6) is -0.783. The molecule has 8 heteroatoms. The summed E-state index contributed by atoms with van der Waals surface area (Å²) in [6.45, 7) is 1.75. The van der Waals surface area contributed by atoms with Gasteiger partial charge in [0.1, 0.15) is 5.69 Å². The summed E-state index contributed by atoms with van der Waals surface area (Å²) in [6, 6.07) is 2.64. The molecule has 0 fully saturated rings. The highest BCUT2D eigenvalue weighted by atomic mass is 16.5. The number of carboxylic acids is 1. The van der Waals surface area contributed by atoms with Crippen LogP contribution in [0.4, 0.5) is 0 Å². The minimum atomic E-state index is -1.10. The molecule has 0 radical (unpaired) electrons. The SMILES string of the molecule is Cc1noc(CNC(=O)c2ccc(C(=O)O)cn2)n1. The molecule has 8 nitrogen and oxygen atoms in total. The number of carboxylic acid groups (broad SMARTS) is 1. The summed E-state index contributed by atoms with van der Waals surface area (Å²) < 4.78 is 4.83. The molecule has 0 aromatic carbocycles. The fraction of sp³-hybridized carbons (Fsp3) is 0.182. The van der Waals surface area contributed by atoms with Crippen LogP contribution in [0.3, 0.4) is 0 Å². The number of aryl methyl sites for hydroxylation is 1. The van der Waals surface area contributed by atoms with Gasteiger partial charge < -0.3 is 14.9 Å². The van der Waals surface area contributed by atoms with E-state index in [1.54, 1.807) is 6.92 Å². The predicted molar refractivity (Wildman–Crippen MR) is 61.4 cm³/mol. The van der Waals surface area contributed by atoms with Gasteiger partial charge in [0.2, 0.25) is 5.89 Å². The van der Waals surface area contributed by atoms with Crippen molar-refractivity contribution in [2.24, 2.45) is 0 Å². The Morgan fingerprint density at radius 2 is 2.21 bits per heavy atom. The zero-order valence-corrected chi connectivity index (χ0v) is 9.95. The van der Waals surface area contributed by atoms with Crippen molar-refractivity contribution in [1.82, 2.24) is 20.4 Å². The molecule has 98 valence electrons. The zero-order chi connectivity index (χ0) is 13.8. The third-order valence-electron chi connectivity index (χ3n) is 2.21. The topological polar surface area (TPSA) is 118 Å². The average molecular weight is 262 g/mol. The summed E-state index contributed by atoms with van der Waals surface area (Å²) in [6.07, 6.45) is 1.12. The fourth-order valence-corrected chi connectivity index (χ4v) is 1.31. The quantitative estimate of drug-likeness (QED) is 0.818. The van der Waals surface area contributed by atoms with Crippen molar-refractivity contribution in [3.8, 4) is 0 Å². The van der Waals surface area contributed by atoms with E-state index in [0.717, 1.165) is 6.20 Å². The number of aromatic carboxylic acids is 1. The van der Waals surface area contributed by atoms with Crippen molar-refractivity contribution in [2.75, 3.05) is 0 Å². The molecule has 1 amide bonds. The van der Waals surface area contributed by atoms with E-state index in [4.69, 9.17) is 9.63 Å². The van der Waals surface area contributed by atoms with Crippen molar-refractivity contribution >= 4 is 11.9 Å². The van der Waals surface area contributed by atoms with Crippen molar-refractivity contribution in [2.45, 2.75) is 13.5 Å². The maximum atomic E-state index is 11.7. The van der Waals surface area contributed by atoms with Gasteiger partial charge in [-0.1, -0.05) is 5.16 Å². The number of nitrogens with zero attached hydrogens (tertiary/aromatic N) is 3. The number of pyridine rings is 1. The van der Waals surface area contributed by atoms with Crippen LogP contribution >= 0.6 is 0 Å². The lowest BCUT2D eigenvalue weighted by molar-refractivity contribution is 0.0695. The second-order valence-electron chi connectivity index (χ2n) is 3.66. The van der Waals surface area contributed by atoms with E-state index < -0.39 is 11.9 Å². The molecule has 2 aromatic rings. The van der Waals surface area contributed by atoms with Gasteiger partial charge in [-0.25, -0.2) is 4.79 Å². The van der Waals surface area contributed by atoms with E-state index in [2.05, 4.69) is 20.4 Å². The number of carbonyl (C=O) groups excluding carboxylic acids is 1. The Bertz CT molecular complexity index is 605. The Morgan fingerprint density at radius 3 is 2.74 bits per heavy atom. The van der Waals surface area contributed by atoms with Crippen LogP contribution in [0.2, 0.25) is 0 Å². The fourth-order valence-electron chi connectivity index (χ4n) is 1.31. The van der Waals surface area contributed by atoms with Gasteiger partial charge in [-0.05, 0) is 19.1 Å². The van der Waals surface area contributed by atoms with Crippen LogP contribution in [-0.4, -0.2) is 32.1 Å². The molecule has 0 saturated carbocycles. The first-order chi connectivity index (χ1) is 9.06. The van der Waals surface area contributed by atoms with E-state index in [9.17, 15) is 9.59 Å². The Hall–Kier alpha value is -2.77. The lowest BCUT2D eigenvalue weighted by Crippen LogP contribution is -2.24. The lowest BCUT2D eigenvalue weighted by atomic mass is 10.2. The predicted octanol–water partition coefficient (Wildman–Crippen LogP) is 0.401. The largest absolute Gasteiger partial charge is 0.478 e. The van der Waals surface area contributed by atoms with E-state index >= 15 is 0 Å². The molecule has 2 rings (SSSR count). The minimum Gasteiger partial charge on any atom is -0.478 e. The third-order valence-corrected chi connectivity index (χ3v) is 2.21. The Kier molecular flexibility index (Phi) is 3.51. The molecular weight excluding hydrogens is 252 g/mol. The van der Waals surface area contributed by atoms with Crippen LogP contribution in [0.1, 0.15) is 32.6 Å². The first kappa shape index (κ1) is 12.7. The molecule has 0 aliphatic rings. The highest BCUT2D eigenvalue weighted by Crippen LogP contribution is 2.01. The van der Waals surface area contributed by atoms with Crippen molar-refractivity contribution in [1.29, 1.82) is 0 Å². The Morgan fingerprint density at radius 1 is 1.42 bits per heavy atom. The molecular formula is C11H10N4O4. The van der Waals surface area contributed by atoms with Crippen LogP contribution in [0, 0.1) is 6.92 Å². The normalized spacial score (nSPS) is 10.2. The Labute approximate surface area is 107 Å². The second kappa shape index (κ2) is 5.25. The number of aromatic nitrogens is 3. The molecule has 0 aliphatic heterocycles. The van der Waals surface area contributed by atoms with E-state index in [-0.39, 0.29) is 23.7 Å². The van der Waals surface area contributed by atoms with Crippen LogP contribution in [-0.2, 0) is 6.54 Å². The average Bonchev–Trinajstić information content (AvgIpc) is 2.82. The Balaban J connectivity index is 1.98. The van der Waals surface area contributed by atoms with E-state index in [1.807, 2.05) is 0 Å². The number of amides is 1. The first-order valence-electron chi connectivity index (χ1n) is 5.33. The summed E-state index contributed by atoms with van der Waals surface area (Å²) in [5.41, 5.74) is 0.130. The smallest absolute Gasteiger partial charge is 0.337 e. The van der Waals surface area contributed by atoms with Crippen molar-refractivity contribution in [3.05, 3.63) is 41.3 Å². The molecule has 19 heavy (non-hydrogen) atoms. The van der Waals surface area contributed by atoms with Crippen LogP contribution < -0.4 is 5.32 Å². The summed E-state index contributed by atoms with van der Waals surface area (Å²) in [7, 11) is 0. The molecule has 2 aromatic heterocycles. The van der Waals surface area contributed by atoms with Gasteiger partial charge in [0.15, 0.2) is 5.82 Å². The van der Waals surface area contributed by atoms with Crippen molar-refractivity contribution in [3.63, 3.8) is 0 Å². The van der Waals surface area contributed by atoms with E-state index in [1.165, 1.54) is 12.1 Å². The molecule has 0 saturated heterocycles. The van der Waals surface area contributed by atoms with Gasteiger partial charge in [0.25, 0.3) is 5.91 Å². The van der Waals surface area contributed by atoms with Gasteiger partial charge in [-0.2, -0.15) is 4.98 Å². The number of carbonyl (C=O) groups is 2. The van der Waals surface area contributed by atoms with E-state index in [0.29, 0.717) is 5.82 Å². The first-order valence-corrected chi connectivity index (χ1v) is 5.33. The van der Waals surface area contributed by atoms with Crippen molar-refractivity contribution < 1.29 is 19.2 Å². The second-order valence-corrected chi connectivity index (χ2v) is 3.66. The molecule has 0 atom stereocenters. The van der Waals surface area contributed by atoms with Gasteiger partial charge in [-0.15, -0.1) is 0 Å². The maximum Gasteiger partial charge on any atom is 0.337 e. The summed E-state index contributed by atoms with van der Waals surface area (Å²) in [4.78, 5) is 30.0. The van der Waals surface area contributed by atoms with Gasteiger partial charge in [0, 0.05) is 6.20 Å². The highest BCUT2D eigenvalue weighted by molar-refractivity contribution is 5.93. The third kappa shape index (κ3) is 3.12. The standard InChI is InChI=1S/C11H10N4O4/c1-6-14-9(19-15-6)5-13-10(16)8-3-2-7(4-12-8)11(17)18/h2-4H,5H2,1H3,(H,13,16)(H,17,18). The van der Waals surface area contributed by atoms with Gasteiger partial charge in [0.05, 0.1) is 12.1 Å². The molecule has 0 unspecified atom stereocenters. The number of rotatable bonds is 4. The molecule has 2 N–H and O–H groups in total. The van der Waals surface area contributed by atoms with Crippen LogP contribution in [0.25, 0.3) is 0 Å². The van der Waals surface area contributed by atoms with Crippen LogP contribution in [0.5, 0.6) is 0 Å². The minimum absolute atomic E-state index is 0.0177. The highest BCUT2D eigenvalue weighted by Gasteiger charge is 2.10. The zero-order valence-electron chi connectivity index (χ0n) is 9.95. The van der Waals surface area contributed by atoms with Gasteiger partial charge in [-0.3, -0.25) is 9.78 Å². The molecule has 0 spiro atoms. The maximum absolute atomic E-state index is 11.7. The van der Waals surface area contributed by atoms with Gasteiger partial charge >= 0.3 is 5.97 Å². The number of hydrogen-bond acceptors (Lipinski definition) is 6. The molecule has 0 bridgehead atoms.